The molecular formula is C13H19N3O3S. The molecule has 2 aromatic rings. The molecular weight excluding hydrogens is 278 g/mol. The van der Waals surface area contributed by atoms with Crippen molar-refractivity contribution < 1.29 is 13.5 Å². The first kappa shape index (κ1) is 15.0. The predicted octanol–water partition coefficient (Wildman–Crippen LogP) is 1.25. The monoisotopic (exact) mass is 297 g/mol. The van der Waals surface area contributed by atoms with Crippen LogP contribution < -0.4 is 4.72 Å². The van der Waals surface area contributed by atoms with Crippen LogP contribution in [0.5, 0.6) is 0 Å². The molecule has 2 heterocycles. The minimum atomic E-state index is -3.60. The van der Waals surface area contributed by atoms with Gasteiger partial charge in [0.15, 0.2) is 0 Å². The zero-order valence-corrected chi connectivity index (χ0v) is 12.3. The van der Waals surface area contributed by atoms with Crippen molar-refractivity contribution in [3.63, 3.8) is 0 Å². The van der Waals surface area contributed by atoms with Gasteiger partial charge in [0, 0.05) is 24.3 Å². The molecule has 0 aliphatic heterocycles. The fourth-order valence-corrected chi connectivity index (χ4v) is 3.12. The van der Waals surface area contributed by atoms with E-state index in [4.69, 9.17) is 0 Å². The lowest BCUT2D eigenvalue weighted by Gasteiger charge is -2.14. The molecule has 1 atom stereocenters. The Morgan fingerprint density at radius 1 is 1.45 bits per heavy atom. The average molecular weight is 297 g/mol. The van der Waals surface area contributed by atoms with Gasteiger partial charge in [0.2, 0.25) is 10.0 Å². The smallest absolute Gasteiger partial charge is 0.242 e. The van der Waals surface area contributed by atoms with Crippen LogP contribution >= 0.6 is 0 Å². The summed E-state index contributed by atoms with van der Waals surface area (Å²) in [5, 5.41) is 10.2. The molecule has 1 unspecified atom stereocenters. The second-order valence-corrected chi connectivity index (χ2v) is 6.79. The van der Waals surface area contributed by atoms with Crippen molar-refractivity contribution in [1.82, 2.24) is 14.7 Å². The second-order valence-electron chi connectivity index (χ2n) is 5.05. The molecule has 7 heteroatoms. The van der Waals surface area contributed by atoms with Gasteiger partial charge in [-0.3, -0.25) is 0 Å². The number of pyridine rings is 1. The molecule has 2 aromatic heterocycles. The highest BCUT2D eigenvalue weighted by Gasteiger charge is 2.19. The molecule has 0 saturated heterocycles. The van der Waals surface area contributed by atoms with E-state index in [-0.39, 0.29) is 17.4 Å². The summed E-state index contributed by atoms with van der Waals surface area (Å²) in [6.45, 7) is 3.99. The quantitative estimate of drug-likeness (QED) is 0.747. The standard InChI is InChI=1S/C13H19N3O3S/c1-9(2)11(17)5-7-16-20(18,19)12-8-15-13-10(12)4-3-6-14-13/h3-4,6,8-9,11,16-17H,5,7H2,1-2H3,(H,14,15). The van der Waals surface area contributed by atoms with Crippen LogP contribution in [-0.4, -0.2) is 36.1 Å². The van der Waals surface area contributed by atoms with E-state index in [1.54, 1.807) is 18.3 Å². The van der Waals surface area contributed by atoms with Crippen molar-refractivity contribution in [2.24, 2.45) is 5.92 Å². The average Bonchev–Trinajstić information content (AvgIpc) is 2.82. The topological polar surface area (TPSA) is 95.1 Å². The van der Waals surface area contributed by atoms with Gasteiger partial charge in [0.25, 0.3) is 0 Å². The number of nitrogens with one attached hydrogen (secondary N) is 2. The minimum Gasteiger partial charge on any atom is -0.393 e. The van der Waals surface area contributed by atoms with E-state index >= 15 is 0 Å². The lowest BCUT2D eigenvalue weighted by atomic mass is 10.1. The molecule has 20 heavy (non-hydrogen) atoms. The molecule has 0 fully saturated rings. The fourth-order valence-electron chi connectivity index (χ4n) is 1.91. The minimum absolute atomic E-state index is 0.108. The molecule has 0 aliphatic carbocycles. The van der Waals surface area contributed by atoms with E-state index in [9.17, 15) is 13.5 Å². The molecule has 0 bridgehead atoms. The molecule has 2 rings (SSSR count). The third kappa shape index (κ3) is 3.17. The Labute approximate surface area is 118 Å². The zero-order chi connectivity index (χ0) is 14.8. The van der Waals surface area contributed by atoms with Gasteiger partial charge < -0.3 is 10.1 Å². The number of aromatic amines is 1. The maximum Gasteiger partial charge on any atom is 0.242 e. The van der Waals surface area contributed by atoms with Crippen molar-refractivity contribution in [2.45, 2.75) is 31.3 Å². The maximum atomic E-state index is 12.2. The Morgan fingerprint density at radius 2 is 2.20 bits per heavy atom. The summed E-state index contributed by atoms with van der Waals surface area (Å²) in [6, 6.07) is 3.40. The van der Waals surface area contributed by atoms with Crippen LogP contribution in [0.25, 0.3) is 11.0 Å². The van der Waals surface area contributed by atoms with Crippen LogP contribution in [0.3, 0.4) is 0 Å². The van der Waals surface area contributed by atoms with E-state index in [0.717, 1.165) is 0 Å². The molecule has 0 radical (unpaired) electrons. The van der Waals surface area contributed by atoms with Gasteiger partial charge in [-0.25, -0.2) is 18.1 Å². The van der Waals surface area contributed by atoms with Crippen LogP contribution in [0.1, 0.15) is 20.3 Å². The van der Waals surface area contributed by atoms with Gasteiger partial charge in [-0.1, -0.05) is 13.8 Å². The number of fused-ring (bicyclic) bond motifs is 1. The summed E-state index contributed by atoms with van der Waals surface area (Å²) < 4.78 is 26.9. The molecule has 0 saturated carbocycles. The number of sulfonamides is 1. The highest BCUT2D eigenvalue weighted by Crippen LogP contribution is 2.20. The highest BCUT2D eigenvalue weighted by atomic mass is 32.2. The van der Waals surface area contributed by atoms with E-state index in [1.807, 2.05) is 13.8 Å². The maximum absolute atomic E-state index is 12.2. The summed E-state index contributed by atoms with van der Waals surface area (Å²) in [5.74, 6) is 0.108. The highest BCUT2D eigenvalue weighted by molar-refractivity contribution is 7.89. The molecule has 0 amide bonds. The van der Waals surface area contributed by atoms with Crippen LogP contribution in [0.2, 0.25) is 0 Å². The van der Waals surface area contributed by atoms with Crippen molar-refractivity contribution in [1.29, 1.82) is 0 Å². The molecule has 0 spiro atoms. The molecule has 110 valence electrons. The number of hydrogen-bond acceptors (Lipinski definition) is 4. The summed E-state index contributed by atoms with van der Waals surface area (Å²) in [5.41, 5.74) is 0.537. The third-order valence-electron chi connectivity index (χ3n) is 3.20. The Balaban J connectivity index is 2.11. The number of rotatable bonds is 6. The zero-order valence-electron chi connectivity index (χ0n) is 11.5. The summed E-state index contributed by atoms with van der Waals surface area (Å²) in [7, 11) is -3.60. The third-order valence-corrected chi connectivity index (χ3v) is 4.71. The van der Waals surface area contributed by atoms with Crippen molar-refractivity contribution in [3.8, 4) is 0 Å². The van der Waals surface area contributed by atoms with Gasteiger partial charge in [-0.05, 0) is 24.5 Å². The van der Waals surface area contributed by atoms with E-state index in [2.05, 4.69) is 14.7 Å². The van der Waals surface area contributed by atoms with Gasteiger partial charge >= 0.3 is 0 Å². The van der Waals surface area contributed by atoms with Crippen molar-refractivity contribution in [3.05, 3.63) is 24.5 Å². The Bertz CT molecular complexity index is 679. The van der Waals surface area contributed by atoms with Crippen molar-refractivity contribution in [2.75, 3.05) is 6.54 Å². The summed E-state index contributed by atoms with van der Waals surface area (Å²) in [4.78, 5) is 7.07. The lowest BCUT2D eigenvalue weighted by molar-refractivity contribution is 0.118. The number of aliphatic hydroxyl groups excluding tert-OH is 1. The largest absolute Gasteiger partial charge is 0.393 e. The van der Waals surface area contributed by atoms with E-state index in [1.165, 1.54) is 6.20 Å². The predicted molar refractivity (Wildman–Crippen MR) is 76.7 cm³/mol. The number of H-pyrrole nitrogens is 1. The summed E-state index contributed by atoms with van der Waals surface area (Å²) >= 11 is 0. The van der Waals surface area contributed by atoms with Crippen LogP contribution in [0.4, 0.5) is 0 Å². The number of aromatic nitrogens is 2. The van der Waals surface area contributed by atoms with E-state index < -0.39 is 16.1 Å². The van der Waals surface area contributed by atoms with Crippen molar-refractivity contribution >= 4 is 21.1 Å². The molecule has 0 aromatic carbocycles. The molecule has 3 N–H and O–H groups in total. The van der Waals surface area contributed by atoms with Gasteiger partial charge in [0.1, 0.15) is 10.5 Å². The number of hydrogen-bond donors (Lipinski definition) is 3. The van der Waals surface area contributed by atoms with E-state index in [0.29, 0.717) is 17.5 Å². The number of aliphatic hydroxyl groups is 1. The first-order chi connectivity index (χ1) is 9.42. The fraction of sp³-hybridized carbons (Fsp3) is 0.462. The first-order valence-electron chi connectivity index (χ1n) is 6.51. The van der Waals surface area contributed by atoms with Gasteiger partial charge in [-0.2, -0.15) is 0 Å². The van der Waals surface area contributed by atoms with Gasteiger partial charge in [0.05, 0.1) is 6.10 Å². The lowest BCUT2D eigenvalue weighted by Crippen LogP contribution is -2.28. The van der Waals surface area contributed by atoms with Crippen LogP contribution in [0.15, 0.2) is 29.4 Å². The normalized spacial score (nSPS) is 14.0. The van der Waals surface area contributed by atoms with Gasteiger partial charge in [-0.15, -0.1) is 0 Å². The Kier molecular flexibility index (Phi) is 4.42. The molecule has 6 nitrogen and oxygen atoms in total. The van der Waals surface area contributed by atoms with Crippen LogP contribution in [-0.2, 0) is 10.0 Å². The first-order valence-corrected chi connectivity index (χ1v) is 8.00. The number of nitrogens with zero attached hydrogens (tertiary/aromatic N) is 1. The Morgan fingerprint density at radius 3 is 2.90 bits per heavy atom. The SMILES string of the molecule is CC(C)C(O)CCNS(=O)(=O)c1c[nH]c2ncccc12. The molecule has 0 aliphatic rings. The Hall–Kier alpha value is -1.44. The van der Waals surface area contributed by atoms with Crippen LogP contribution in [0, 0.1) is 5.92 Å². The summed E-state index contributed by atoms with van der Waals surface area (Å²) in [6.07, 6.45) is 2.90. The second kappa shape index (κ2) is 5.90.